The molecule has 3 rings (SSSR count). The third-order valence-corrected chi connectivity index (χ3v) is 5.20. The first kappa shape index (κ1) is 14.5. The lowest BCUT2D eigenvalue weighted by molar-refractivity contribution is 0.352. The molecule has 1 aromatic heterocycles. The fraction of sp³-hybridized carbons (Fsp3) is 0.400. The van der Waals surface area contributed by atoms with Gasteiger partial charge >= 0.3 is 0 Å². The van der Waals surface area contributed by atoms with E-state index in [9.17, 15) is 4.79 Å². The topological polar surface area (TPSA) is 38.1 Å². The summed E-state index contributed by atoms with van der Waals surface area (Å²) < 4.78 is 2.51. The Hall–Kier alpha value is -1.40. The van der Waals surface area contributed by atoms with Crippen LogP contribution in [-0.2, 0) is 5.88 Å². The van der Waals surface area contributed by atoms with Crippen LogP contribution in [0, 0.1) is 0 Å². The number of thiocarbonyl (C=S) groups is 1. The first-order valence-electron chi connectivity index (χ1n) is 7.11. The monoisotopic (exact) mass is 319 g/mol. The van der Waals surface area contributed by atoms with Crippen LogP contribution >= 0.6 is 24.0 Å². The highest BCUT2D eigenvalue weighted by molar-refractivity contribution is 8.22. The lowest BCUT2D eigenvalue weighted by Crippen LogP contribution is -2.33. The van der Waals surface area contributed by atoms with Crippen LogP contribution in [0.2, 0.25) is 0 Å². The summed E-state index contributed by atoms with van der Waals surface area (Å²) in [4.78, 5) is 18.9. The van der Waals surface area contributed by atoms with Crippen molar-refractivity contribution in [2.24, 2.45) is 0 Å². The highest BCUT2D eigenvalue weighted by atomic mass is 32.2. The molecule has 0 atom stereocenters. The van der Waals surface area contributed by atoms with Gasteiger partial charge in [-0.25, -0.2) is 4.98 Å². The maximum atomic E-state index is 12.4. The Labute approximate surface area is 133 Å². The minimum Gasteiger partial charge on any atom is -0.357 e. The smallest absolute Gasteiger partial charge is 0.261 e. The number of rotatable bonds is 2. The molecule has 6 heteroatoms. The number of thioether (sulfide) groups is 1. The lowest BCUT2D eigenvalue weighted by atomic mass is 10.1. The number of piperidine rings is 1. The average molecular weight is 319 g/mol. The van der Waals surface area contributed by atoms with Gasteiger partial charge in [-0.1, -0.05) is 36.1 Å². The molecule has 0 spiro atoms. The van der Waals surface area contributed by atoms with Crippen molar-refractivity contribution < 1.29 is 0 Å². The summed E-state index contributed by atoms with van der Waals surface area (Å²) in [6.45, 7) is 2.08. The Kier molecular flexibility index (Phi) is 4.55. The third-order valence-electron chi connectivity index (χ3n) is 3.67. The second-order valence-corrected chi connectivity index (χ2v) is 6.70. The summed E-state index contributed by atoms with van der Waals surface area (Å²) in [5, 5.41) is 0.657. The molecule has 1 fully saturated rings. The van der Waals surface area contributed by atoms with E-state index in [2.05, 4.69) is 9.88 Å². The first-order chi connectivity index (χ1) is 10.3. The normalized spacial score (nSPS) is 15.3. The zero-order chi connectivity index (χ0) is 14.7. The lowest BCUT2D eigenvalue weighted by Gasteiger charge is -2.28. The number of hydrogen-bond donors (Lipinski definition) is 0. The van der Waals surface area contributed by atoms with E-state index in [0.29, 0.717) is 11.3 Å². The summed E-state index contributed by atoms with van der Waals surface area (Å²) in [5.41, 5.74) is 0.733. The van der Waals surface area contributed by atoms with Crippen LogP contribution in [0.5, 0.6) is 0 Å². The van der Waals surface area contributed by atoms with Gasteiger partial charge in [-0.3, -0.25) is 9.36 Å². The molecular formula is C15H17N3OS2. The number of likely N-dealkylation sites (tertiary alicyclic amines) is 1. The third kappa shape index (κ3) is 3.27. The molecule has 0 N–H and O–H groups in total. The Morgan fingerprint density at radius 3 is 2.81 bits per heavy atom. The Bertz CT molecular complexity index is 707. The van der Waals surface area contributed by atoms with Crippen molar-refractivity contribution in [3.8, 4) is 0 Å². The number of para-hydroxylation sites is 1. The van der Waals surface area contributed by atoms with Gasteiger partial charge in [0.05, 0.1) is 23.1 Å². The van der Waals surface area contributed by atoms with Crippen LogP contribution in [0.1, 0.15) is 19.3 Å². The average Bonchev–Trinajstić information content (AvgIpc) is 2.55. The van der Waals surface area contributed by atoms with Gasteiger partial charge in [-0.2, -0.15) is 0 Å². The quantitative estimate of drug-likeness (QED) is 0.796. The molecule has 21 heavy (non-hydrogen) atoms. The number of nitrogens with zero attached hydrogens (tertiary/aromatic N) is 3. The molecule has 0 unspecified atom stereocenters. The SMILES string of the molecule is O=c1c2ccccc2ncn1CSC(=S)N1CCCCC1. The van der Waals surface area contributed by atoms with Crippen molar-refractivity contribution in [1.82, 2.24) is 14.5 Å². The molecule has 0 aliphatic carbocycles. The Morgan fingerprint density at radius 1 is 1.24 bits per heavy atom. The summed E-state index contributed by atoms with van der Waals surface area (Å²) in [5.74, 6) is 0.520. The molecule has 0 amide bonds. The molecule has 0 bridgehead atoms. The van der Waals surface area contributed by atoms with Gasteiger partial charge in [-0.05, 0) is 31.4 Å². The predicted octanol–water partition coefficient (Wildman–Crippen LogP) is 2.86. The molecule has 1 aliphatic heterocycles. The molecule has 1 saturated heterocycles. The minimum atomic E-state index is -0.00505. The van der Waals surface area contributed by atoms with E-state index in [1.165, 1.54) is 31.0 Å². The van der Waals surface area contributed by atoms with Gasteiger partial charge in [0.1, 0.15) is 4.32 Å². The minimum absolute atomic E-state index is 0.00505. The number of fused-ring (bicyclic) bond motifs is 1. The van der Waals surface area contributed by atoms with Crippen molar-refractivity contribution in [2.45, 2.75) is 25.1 Å². The molecular weight excluding hydrogens is 302 g/mol. The van der Waals surface area contributed by atoms with Crippen molar-refractivity contribution >= 4 is 39.2 Å². The van der Waals surface area contributed by atoms with Crippen LogP contribution in [0.3, 0.4) is 0 Å². The van der Waals surface area contributed by atoms with E-state index in [1.807, 2.05) is 24.3 Å². The van der Waals surface area contributed by atoms with Crippen molar-refractivity contribution in [3.63, 3.8) is 0 Å². The van der Waals surface area contributed by atoms with Crippen molar-refractivity contribution in [3.05, 3.63) is 40.9 Å². The number of aromatic nitrogens is 2. The molecule has 110 valence electrons. The zero-order valence-electron chi connectivity index (χ0n) is 11.7. The largest absolute Gasteiger partial charge is 0.357 e. The van der Waals surface area contributed by atoms with Gasteiger partial charge < -0.3 is 4.90 Å². The highest BCUT2D eigenvalue weighted by Gasteiger charge is 2.14. The van der Waals surface area contributed by atoms with Crippen LogP contribution in [0.25, 0.3) is 10.9 Å². The van der Waals surface area contributed by atoms with Gasteiger partial charge in [0, 0.05) is 13.1 Å². The summed E-state index contributed by atoms with van der Waals surface area (Å²) in [6.07, 6.45) is 5.31. The Morgan fingerprint density at radius 2 is 2.00 bits per heavy atom. The van der Waals surface area contributed by atoms with Crippen LogP contribution < -0.4 is 5.56 Å². The van der Waals surface area contributed by atoms with Crippen LogP contribution in [0.15, 0.2) is 35.4 Å². The van der Waals surface area contributed by atoms with Gasteiger partial charge in [0.25, 0.3) is 5.56 Å². The summed E-state index contributed by atoms with van der Waals surface area (Å²) in [6, 6.07) is 7.42. The summed E-state index contributed by atoms with van der Waals surface area (Å²) >= 11 is 7.00. The van der Waals surface area contributed by atoms with E-state index in [-0.39, 0.29) is 5.56 Å². The first-order valence-corrected chi connectivity index (χ1v) is 8.51. The van der Waals surface area contributed by atoms with Gasteiger partial charge in [-0.15, -0.1) is 0 Å². The molecule has 0 saturated carbocycles. The fourth-order valence-corrected chi connectivity index (χ4v) is 3.63. The maximum Gasteiger partial charge on any atom is 0.261 e. The number of hydrogen-bond acceptors (Lipinski definition) is 4. The fourth-order valence-electron chi connectivity index (χ4n) is 2.49. The van der Waals surface area contributed by atoms with Gasteiger partial charge in [0.15, 0.2) is 0 Å². The maximum absolute atomic E-state index is 12.4. The number of benzene rings is 1. The molecule has 2 heterocycles. The molecule has 0 radical (unpaired) electrons. The van der Waals surface area contributed by atoms with Crippen LogP contribution in [-0.4, -0.2) is 31.9 Å². The summed E-state index contributed by atoms with van der Waals surface area (Å²) in [7, 11) is 0. The molecule has 1 aromatic carbocycles. The molecule has 2 aromatic rings. The standard InChI is InChI=1S/C15H17N3OS2/c19-14-12-6-2-3-7-13(12)16-10-18(14)11-21-15(20)17-8-4-1-5-9-17/h2-3,6-7,10H,1,4-5,8-9,11H2. The Balaban J connectivity index is 1.72. The van der Waals surface area contributed by atoms with E-state index in [1.54, 1.807) is 10.9 Å². The van der Waals surface area contributed by atoms with Crippen molar-refractivity contribution in [1.29, 1.82) is 0 Å². The van der Waals surface area contributed by atoms with Gasteiger partial charge in [0.2, 0.25) is 0 Å². The van der Waals surface area contributed by atoms with E-state index >= 15 is 0 Å². The second-order valence-electron chi connectivity index (χ2n) is 5.12. The van der Waals surface area contributed by atoms with E-state index < -0.39 is 0 Å². The predicted molar refractivity (Wildman–Crippen MR) is 91.6 cm³/mol. The van der Waals surface area contributed by atoms with Crippen LogP contribution in [0.4, 0.5) is 0 Å². The molecule has 1 aliphatic rings. The molecule has 4 nitrogen and oxygen atoms in total. The van der Waals surface area contributed by atoms with Crippen molar-refractivity contribution in [2.75, 3.05) is 13.1 Å². The van der Waals surface area contributed by atoms with E-state index in [4.69, 9.17) is 12.2 Å². The van der Waals surface area contributed by atoms with E-state index in [0.717, 1.165) is 22.9 Å². The highest BCUT2D eigenvalue weighted by Crippen LogP contribution is 2.17. The second kappa shape index (κ2) is 6.58. The zero-order valence-corrected chi connectivity index (χ0v) is 13.3.